The van der Waals surface area contributed by atoms with Crippen LogP contribution < -0.4 is 5.32 Å². The van der Waals surface area contributed by atoms with Crippen LogP contribution in [0.3, 0.4) is 0 Å². The Balaban J connectivity index is 1.55. The molecule has 0 atom stereocenters. The maximum atomic E-state index is 6.73. The summed E-state index contributed by atoms with van der Waals surface area (Å²) in [6.07, 6.45) is 13.9. The summed E-state index contributed by atoms with van der Waals surface area (Å²) in [5.41, 5.74) is 0.167. The average Bonchev–Trinajstić information content (AvgIpc) is 3.27. The molecule has 0 amide bonds. The molecular weight excluding hydrogens is 246 g/mol. The second-order valence-corrected chi connectivity index (χ2v) is 8.02. The highest BCUT2D eigenvalue weighted by Crippen LogP contribution is 2.38. The molecule has 0 spiro atoms. The van der Waals surface area contributed by atoms with Crippen LogP contribution in [0.2, 0.25) is 0 Å². The molecule has 20 heavy (non-hydrogen) atoms. The molecule has 3 rings (SSSR count). The molecule has 0 bridgehead atoms. The zero-order valence-electron chi connectivity index (χ0n) is 13.5. The van der Waals surface area contributed by atoms with Gasteiger partial charge in [0.2, 0.25) is 0 Å². The van der Waals surface area contributed by atoms with Gasteiger partial charge >= 0.3 is 0 Å². The third-order valence-corrected chi connectivity index (χ3v) is 5.86. The summed E-state index contributed by atoms with van der Waals surface area (Å²) in [5, 5.41) is 3.76. The van der Waals surface area contributed by atoms with Gasteiger partial charge in [0.15, 0.2) is 0 Å². The summed E-state index contributed by atoms with van der Waals surface area (Å²) in [4.78, 5) is 0. The fourth-order valence-corrected chi connectivity index (χ4v) is 3.94. The van der Waals surface area contributed by atoms with Gasteiger partial charge in [-0.05, 0) is 76.0 Å². The van der Waals surface area contributed by atoms with E-state index in [1.807, 2.05) is 0 Å². The molecule has 0 aliphatic heterocycles. The van der Waals surface area contributed by atoms with Gasteiger partial charge in [-0.15, -0.1) is 0 Å². The Hall–Kier alpha value is -0.0800. The van der Waals surface area contributed by atoms with E-state index in [4.69, 9.17) is 4.74 Å². The fraction of sp³-hybridized carbons (Fsp3) is 1.00. The first-order valence-electron chi connectivity index (χ1n) is 9.06. The summed E-state index contributed by atoms with van der Waals surface area (Å²) < 4.78 is 6.73. The third-order valence-electron chi connectivity index (χ3n) is 5.86. The molecule has 0 radical (unpaired) electrons. The molecule has 2 heteroatoms. The predicted molar refractivity (Wildman–Crippen MR) is 83.9 cm³/mol. The molecule has 3 aliphatic rings. The molecule has 0 aromatic carbocycles. The Morgan fingerprint density at radius 1 is 0.850 bits per heavy atom. The smallest absolute Gasteiger partial charge is 0.0810 e. The molecular formula is C18H33NO. The minimum atomic E-state index is 0.167. The molecule has 3 saturated carbocycles. The van der Waals surface area contributed by atoms with E-state index in [1.54, 1.807) is 0 Å². The van der Waals surface area contributed by atoms with Crippen molar-refractivity contribution in [1.82, 2.24) is 5.32 Å². The highest BCUT2D eigenvalue weighted by molar-refractivity contribution is 4.93. The molecule has 0 heterocycles. The molecule has 2 nitrogen and oxygen atoms in total. The molecule has 0 unspecified atom stereocenters. The predicted octanol–water partition coefficient (Wildman–Crippen LogP) is 4.28. The largest absolute Gasteiger partial charge is 0.370 e. The lowest BCUT2D eigenvalue weighted by Crippen LogP contribution is -2.48. The first kappa shape index (κ1) is 14.8. The number of hydrogen-bond acceptors (Lipinski definition) is 2. The van der Waals surface area contributed by atoms with Crippen LogP contribution in [0.1, 0.15) is 78.1 Å². The topological polar surface area (TPSA) is 21.3 Å². The standard InChI is InChI=1S/C18H33NO/c1-14-3-7-17(8-4-14)20-18(13-19-16-5-6-16)11-9-15(2)10-12-18/h14-17,19H,3-13H2,1-2H3. The fourth-order valence-electron chi connectivity index (χ4n) is 3.94. The van der Waals surface area contributed by atoms with E-state index >= 15 is 0 Å². The van der Waals surface area contributed by atoms with Crippen LogP contribution >= 0.6 is 0 Å². The lowest BCUT2D eigenvalue weighted by molar-refractivity contribution is -0.129. The lowest BCUT2D eigenvalue weighted by Gasteiger charge is -2.43. The van der Waals surface area contributed by atoms with Crippen LogP contribution in [0.15, 0.2) is 0 Å². The van der Waals surface area contributed by atoms with Crippen molar-refractivity contribution in [1.29, 1.82) is 0 Å². The van der Waals surface area contributed by atoms with Crippen LogP contribution in [-0.2, 0) is 4.74 Å². The summed E-state index contributed by atoms with van der Waals surface area (Å²) in [7, 11) is 0. The van der Waals surface area contributed by atoms with Gasteiger partial charge in [-0.1, -0.05) is 13.8 Å². The first-order chi connectivity index (χ1) is 9.65. The molecule has 0 saturated heterocycles. The van der Waals surface area contributed by atoms with E-state index in [0.717, 1.165) is 24.4 Å². The zero-order valence-corrected chi connectivity index (χ0v) is 13.5. The van der Waals surface area contributed by atoms with E-state index in [2.05, 4.69) is 19.2 Å². The normalized spacial score (nSPS) is 42.6. The van der Waals surface area contributed by atoms with Crippen molar-refractivity contribution in [3.63, 3.8) is 0 Å². The van der Waals surface area contributed by atoms with Crippen molar-refractivity contribution in [2.45, 2.75) is 95.8 Å². The van der Waals surface area contributed by atoms with E-state index in [1.165, 1.54) is 64.2 Å². The molecule has 0 aromatic heterocycles. The third kappa shape index (κ3) is 3.98. The number of rotatable bonds is 5. The van der Waals surface area contributed by atoms with E-state index in [0.29, 0.717) is 6.10 Å². The minimum Gasteiger partial charge on any atom is -0.370 e. The SMILES string of the molecule is CC1CCC(OC2(CNC3CC3)CCC(C)CC2)CC1. The van der Waals surface area contributed by atoms with Gasteiger partial charge in [-0.25, -0.2) is 0 Å². The Labute approximate surface area is 125 Å². The van der Waals surface area contributed by atoms with E-state index < -0.39 is 0 Å². The number of nitrogens with one attached hydrogen (secondary N) is 1. The van der Waals surface area contributed by atoms with Crippen LogP contribution in [0.25, 0.3) is 0 Å². The van der Waals surface area contributed by atoms with E-state index in [-0.39, 0.29) is 5.60 Å². The monoisotopic (exact) mass is 279 g/mol. The average molecular weight is 279 g/mol. The van der Waals surface area contributed by atoms with Gasteiger partial charge in [0.25, 0.3) is 0 Å². The highest BCUT2D eigenvalue weighted by Gasteiger charge is 2.39. The van der Waals surface area contributed by atoms with Gasteiger partial charge < -0.3 is 10.1 Å². The van der Waals surface area contributed by atoms with Crippen molar-refractivity contribution < 1.29 is 4.74 Å². The summed E-state index contributed by atoms with van der Waals surface area (Å²) >= 11 is 0. The van der Waals surface area contributed by atoms with Gasteiger partial charge in [0, 0.05) is 12.6 Å². The second kappa shape index (κ2) is 6.36. The van der Waals surface area contributed by atoms with Gasteiger partial charge in [-0.2, -0.15) is 0 Å². The highest BCUT2D eigenvalue weighted by atomic mass is 16.5. The Bertz CT molecular complexity index is 297. The Kier molecular flexibility index (Phi) is 4.72. The van der Waals surface area contributed by atoms with Crippen molar-refractivity contribution in [3.8, 4) is 0 Å². The Morgan fingerprint density at radius 3 is 2.05 bits per heavy atom. The van der Waals surface area contributed by atoms with Gasteiger partial charge in [0.05, 0.1) is 11.7 Å². The van der Waals surface area contributed by atoms with Crippen molar-refractivity contribution >= 4 is 0 Å². The van der Waals surface area contributed by atoms with Gasteiger partial charge in [-0.3, -0.25) is 0 Å². The number of hydrogen-bond donors (Lipinski definition) is 1. The maximum absolute atomic E-state index is 6.73. The van der Waals surface area contributed by atoms with Crippen molar-refractivity contribution in [2.24, 2.45) is 11.8 Å². The lowest BCUT2D eigenvalue weighted by atomic mass is 9.78. The van der Waals surface area contributed by atoms with Crippen LogP contribution in [0, 0.1) is 11.8 Å². The molecule has 0 aromatic rings. The second-order valence-electron chi connectivity index (χ2n) is 8.02. The van der Waals surface area contributed by atoms with Crippen molar-refractivity contribution in [3.05, 3.63) is 0 Å². The minimum absolute atomic E-state index is 0.167. The summed E-state index contributed by atoms with van der Waals surface area (Å²) in [6.45, 7) is 5.90. The zero-order chi connectivity index (χ0) is 14.0. The summed E-state index contributed by atoms with van der Waals surface area (Å²) in [6, 6.07) is 0.807. The molecule has 3 fully saturated rings. The quantitative estimate of drug-likeness (QED) is 0.811. The number of ether oxygens (including phenoxy) is 1. The maximum Gasteiger partial charge on any atom is 0.0810 e. The summed E-state index contributed by atoms with van der Waals surface area (Å²) in [5.74, 6) is 1.82. The first-order valence-corrected chi connectivity index (χ1v) is 9.06. The molecule has 3 aliphatic carbocycles. The van der Waals surface area contributed by atoms with Gasteiger partial charge in [0.1, 0.15) is 0 Å². The Morgan fingerprint density at radius 2 is 1.45 bits per heavy atom. The van der Waals surface area contributed by atoms with Crippen LogP contribution in [0.4, 0.5) is 0 Å². The van der Waals surface area contributed by atoms with Crippen LogP contribution in [0.5, 0.6) is 0 Å². The molecule has 116 valence electrons. The van der Waals surface area contributed by atoms with Crippen LogP contribution in [-0.4, -0.2) is 24.3 Å². The molecule has 1 N–H and O–H groups in total. The van der Waals surface area contributed by atoms with E-state index in [9.17, 15) is 0 Å². The van der Waals surface area contributed by atoms with Crippen molar-refractivity contribution in [2.75, 3.05) is 6.54 Å².